The lowest BCUT2D eigenvalue weighted by atomic mass is 10.1. The lowest BCUT2D eigenvalue weighted by Gasteiger charge is -1.99. The van der Waals surface area contributed by atoms with Gasteiger partial charge in [0.25, 0.3) is 0 Å². The third-order valence-electron chi connectivity index (χ3n) is 2.99. The maximum atomic E-state index is 4.24. The van der Waals surface area contributed by atoms with Crippen molar-refractivity contribution in [2.24, 2.45) is 7.05 Å². The number of aromatic nitrogens is 3. The van der Waals surface area contributed by atoms with E-state index in [0.717, 1.165) is 12.4 Å². The third kappa shape index (κ3) is 3.12. The summed E-state index contributed by atoms with van der Waals surface area (Å²) in [6.45, 7) is 1.54. The Hall–Kier alpha value is -1.98. The highest BCUT2D eigenvalue weighted by atomic mass is 32.1. The zero-order chi connectivity index (χ0) is 13.8. The van der Waals surface area contributed by atoms with Crippen LogP contribution >= 0.6 is 11.3 Å². The molecular weight excluding hydrogens is 268 g/mol. The van der Waals surface area contributed by atoms with Gasteiger partial charge in [-0.3, -0.25) is 4.68 Å². The molecule has 0 unspecified atom stereocenters. The summed E-state index contributed by atoms with van der Waals surface area (Å²) < 4.78 is 1.72. The predicted octanol–water partition coefficient (Wildman–Crippen LogP) is 2.83. The van der Waals surface area contributed by atoms with Crippen LogP contribution in [0.15, 0.2) is 48.1 Å². The molecule has 1 N–H and O–H groups in total. The van der Waals surface area contributed by atoms with E-state index in [-0.39, 0.29) is 0 Å². The first-order valence-electron chi connectivity index (χ1n) is 6.49. The van der Waals surface area contributed by atoms with E-state index in [4.69, 9.17) is 0 Å². The van der Waals surface area contributed by atoms with Crippen molar-refractivity contribution < 1.29 is 0 Å². The van der Waals surface area contributed by atoms with Crippen LogP contribution < -0.4 is 5.32 Å². The summed E-state index contributed by atoms with van der Waals surface area (Å²) in [5.74, 6) is 0.826. The highest BCUT2D eigenvalue weighted by Gasteiger charge is 2.03. The Morgan fingerprint density at radius 3 is 2.75 bits per heavy atom. The second-order valence-corrected chi connectivity index (χ2v) is 5.60. The number of hydrogen-bond acceptors (Lipinski definition) is 4. The molecule has 0 amide bonds. The Kier molecular flexibility index (Phi) is 3.90. The molecule has 0 bridgehead atoms. The van der Waals surface area contributed by atoms with Crippen LogP contribution in [-0.2, 0) is 20.1 Å². The van der Waals surface area contributed by atoms with E-state index in [2.05, 4.69) is 51.1 Å². The smallest absolute Gasteiger partial charge is 0.164 e. The van der Waals surface area contributed by atoms with Crippen molar-refractivity contribution >= 4 is 11.3 Å². The van der Waals surface area contributed by atoms with Crippen LogP contribution in [0.1, 0.15) is 10.7 Å². The van der Waals surface area contributed by atoms with Crippen LogP contribution in [0, 0.1) is 0 Å². The topological polar surface area (TPSA) is 42.7 Å². The number of nitrogens with one attached hydrogen (secondary N) is 1. The van der Waals surface area contributed by atoms with Gasteiger partial charge in [0.05, 0.1) is 6.54 Å². The molecule has 3 rings (SSSR count). The van der Waals surface area contributed by atoms with Crippen molar-refractivity contribution in [2.75, 3.05) is 0 Å². The first-order valence-corrected chi connectivity index (χ1v) is 7.37. The van der Waals surface area contributed by atoms with Gasteiger partial charge in [0, 0.05) is 18.5 Å². The molecule has 0 aliphatic carbocycles. The van der Waals surface area contributed by atoms with Crippen molar-refractivity contribution in [3.63, 3.8) is 0 Å². The van der Waals surface area contributed by atoms with Crippen molar-refractivity contribution in [2.45, 2.75) is 13.1 Å². The summed E-state index contributed by atoms with van der Waals surface area (Å²) in [5.41, 5.74) is 2.55. The minimum absolute atomic E-state index is 0.694. The van der Waals surface area contributed by atoms with E-state index in [0.29, 0.717) is 6.54 Å². The fourth-order valence-electron chi connectivity index (χ4n) is 2.02. The SMILES string of the molecule is Cn1cnc(CNCc2cc(-c3ccccc3)cs2)n1. The molecule has 5 heteroatoms. The van der Waals surface area contributed by atoms with Gasteiger partial charge in [-0.15, -0.1) is 11.3 Å². The zero-order valence-corrected chi connectivity index (χ0v) is 12.1. The Balaban J connectivity index is 1.58. The molecule has 0 saturated carbocycles. The number of aryl methyl sites for hydroxylation is 1. The van der Waals surface area contributed by atoms with E-state index in [1.54, 1.807) is 22.3 Å². The summed E-state index contributed by atoms with van der Waals surface area (Å²) in [6, 6.07) is 12.7. The number of hydrogen-bond donors (Lipinski definition) is 1. The highest BCUT2D eigenvalue weighted by Crippen LogP contribution is 2.25. The molecule has 20 heavy (non-hydrogen) atoms. The van der Waals surface area contributed by atoms with Crippen LogP contribution in [0.25, 0.3) is 11.1 Å². The van der Waals surface area contributed by atoms with E-state index in [1.807, 2.05) is 13.1 Å². The maximum Gasteiger partial charge on any atom is 0.164 e. The number of nitrogens with zero attached hydrogens (tertiary/aromatic N) is 3. The molecule has 0 saturated heterocycles. The standard InChI is InChI=1S/C15H16N4S/c1-19-11-17-15(18-19)9-16-8-14-7-13(10-20-14)12-5-3-2-4-6-12/h2-7,10-11,16H,8-9H2,1H3. The molecule has 2 heterocycles. The fourth-order valence-corrected chi connectivity index (χ4v) is 2.88. The summed E-state index contributed by atoms with van der Waals surface area (Å²) in [5, 5.41) is 9.81. The second-order valence-electron chi connectivity index (χ2n) is 4.61. The molecule has 0 fully saturated rings. The molecule has 0 atom stereocenters. The van der Waals surface area contributed by atoms with Crippen LogP contribution in [0.3, 0.4) is 0 Å². The zero-order valence-electron chi connectivity index (χ0n) is 11.3. The first-order chi connectivity index (χ1) is 9.81. The van der Waals surface area contributed by atoms with Crippen molar-refractivity contribution in [1.29, 1.82) is 0 Å². The number of rotatable bonds is 5. The van der Waals surface area contributed by atoms with Gasteiger partial charge in [0.1, 0.15) is 6.33 Å². The minimum Gasteiger partial charge on any atom is -0.305 e. The van der Waals surface area contributed by atoms with Gasteiger partial charge in [-0.25, -0.2) is 4.98 Å². The fraction of sp³-hybridized carbons (Fsp3) is 0.200. The van der Waals surface area contributed by atoms with Crippen molar-refractivity contribution in [3.8, 4) is 11.1 Å². The van der Waals surface area contributed by atoms with Gasteiger partial charge in [0.15, 0.2) is 5.82 Å². The van der Waals surface area contributed by atoms with Crippen molar-refractivity contribution in [3.05, 3.63) is 58.8 Å². The quantitative estimate of drug-likeness (QED) is 0.783. The van der Waals surface area contributed by atoms with E-state index in [9.17, 15) is 0 Å². The Labute approximate surface area is 122 Å². The molecule has 4 nitrogen and oxygen atoms in total. The number of thiophene rings is 1. The normalized spacial score (nSPS) is 10.8. The largest absolute Gasteiger partial charge is 0.305 e. The van der Waals surface area contributed by atoms with Crippen LogP contribution in [0.2, 0.25) is 0 Å². The molecule has 0 spiro atoms. The van der Waals surface area contributed by atoms with Gasteiger partial charge in [-0.2, -0.15) is 5.10 Å². The van der Waals surface area contributed by atoms with Crippen molar-refractivity contribution in [1.82, 2.24) is 20.1 Å². The lowest BCUT2D eigenvalue weighted by Crippen LogP contribution is -2.13. The summed E-state index contributed by atoms with van der Waals surface area (Å²) in [6.07, 6.45) is 1.72. The first kappa shape index (κ1) is 13.0. The summed E-state index contributed by atoms with van der Waals surface area (Å²) >= 11 is 1.78. The summed E-state index contributed by atoms with van der Waals surface area (Å²) in [7, 11) is 1.88. The Morgan fingerprint density at radius 2 is 2.00 bits per heavy atom. The predicted molar refractivity (Wildman–Crippen MR) is 81.3 cm³/mol. The molecule has 3 aromatic rings. The Morgan fingerprint density at radius 1 is 1.15 bits per heavy atom. The average molecular weight is 284 g/mol. The van der Waals surface area contributed by atoms with Gasteiger partial charge in [0.2, 0.25) is 0 Å². The molecule has 0 radical (unpaired) electrons. The van der Waals surface area contributed by atoms with E-state index in [1.165, 1.54) is 16.0 Å². The van der Waals surface area contributed by atoms with Gasteiger partial charge >= 0.3 is 0 Å². The Bertz CT molecular complexity index is 672. The van der Waals surface area contributed by atoms with E-state index < -0.39 is 0 Å². The minimum atomic E-state index is 0.694. The second kappa shape index (κ2) is 5.98. The lowest BCUT2D eigenvalue weighted by molar-refractivity contribution is 0.654. The summed E-state index contributed by atoms with van der Waals surface area (Å²) in [4.78, 5) is 5.51. The molecule has 2 aromatic heterocycles. The molecule has 1 aromatic carbocycles. The molecule has 0 aliphatic rings. The highest BCUT2D eigenvalue weighted by molar-refractivity contribution is 7.10. The van der Waals surface area contributed by atoms with Crippen LogP contribution in [0.5, 0.6) is 0 Å². The van der Waals surface area contributed by atoms with Crippen LogP contribution in [-0.4, -0.2) is 14.8 Å². The average Bonchev–Trinajstić information content (AvgIpc) is 3.09. The molecule has 0 aliphatic heterocycles. The van der Waals surface area contributed by atoms with Gasteiger partial charge in [-0.1, -0.05) is 30.3 Å². The van der Waals surface area contributed by atoms with E-state index >= 15 is 0 Å². The third-order valence-corrected chi connectivity index (χ3v) is 3.93. The maximum absolute atomic E-state index is 4.24. The molecule has 102 valence electrons. The van der Waals surface area contributed by atoms with Gasteiger partial charge in [-0.05, 0) is 22.6 Å². The molecular formula is C15H16N4S. The monoisotopic (exact) mass is 284 g/mol. The number of benzene rings is 1. The van der Waals surface area contributed by atoms with Crippen LogP contribution in [0.4, 0.5) is 0 Å². The van der Waals surface area contributed by atoms with Gasteiger partial charge < -0.3 is 5.32 Å².